The van der Waals surface area contributed by atoms with Gasteiger partial charge in [0.15, 0.2) is 0 Å². The topological polar surface area (TPSA) is 56.0 Å². The molecule has 3 rings (SSSR count). The Morgan fingerprint density at radius 3 is 1.87 bits per heavy atom. The second-order valence-corrected chi connectivity index (χ2v) is 4.87. The van der Waals surface area contributed by atoms with E-state index in [1.165, 1.54) is 42.6 Å². The zero-order valence-corrected chi connectivity index (χ0v) is 11.7. The minimum absolute atomic E-state index is 0.275. The fraction of sp³-hybridized carbons (Fsp3) is 0. The van der Waals surface area contributed by atoms with Crippen molar-refractivity contribution in [2.24, 2.45) is 0 Å². The van der Waals surface area contributed by atoms with E-state index < -0.39 is 10.7 Å². The molecule has 0 bridgehead atoms. The first-order valence-corrected chi connectivity index (χ1v) is 6.71. The van der Waals surface area contributed by atoms with Crippen LogP contribution >= 0.6 is 0 Å². The average Bonchev–Trinajstić information content (AvgIpc) is 2.55. The molecule has 0 atom stereocenters. The van der Waals surface area contributed by atoms with Gasteiger partial charge >= 0.3 is 5.82 Å². The van der Waals surface area contributed by atoms with Gasteiger partial charge in [0.2, 0.25) is 0 Å². The van der Waals surface area contributed by atoms with Gasteiger partial charge in [0.25, 0.3) is 0 Å². The quantitative estimate of drug-likeness (QED) is 0.524. The van der Waals surface area contributed by atoms with Crippen LogP contribution in [0.15, 0.2) is 60.8 Å². The van der Waals surface area contributed by atoms with Crippen LogP contribution in [0.3, 0.4) is 0 Å². The molecule has 0 fully saturated rings. The molecule has 0 unspecified atom stereocenters. The molecule has 114 valence electrons. The lowest BCUT2D eigenvalue weighted by Gasteiger charge is -2.06. The average molecular weight is 312 g/mol. The molecule has 0 saturated carbocycles. The Balaban J connectivity index is 2.15. The monoisotopic (exact) mass is 312 g/mol. The van der Waals surface area contributed by atoms with Gasteiger partial charge in [0.05, 0.1) is 5.56 Å². The third kappa shape index (κ3) is 3.06. The standard InChI is InChI=1S/C17H10F2N2O2/c18-14-5-1-11(2-6-14)13-9-16(17(20-10-13)21(22)23)12-3-7-15(19)8-4-12/h1-10H. The van der Waals surface area contributed by atoms with E-state index in [-0.39, 0.29) is 17.2 Å². The Kier molecular flexibility index (Phi) is 3.80. The van der Waals surface area contributed by atoms with Crippen molar-refractivity contribution >= 4 is 5.82 Å². The molecule has 0 aliphatic rings. The summed E-state index contributed by atoms with van der Waals surface area (Å²) in [5.41, 5.74) is 2.04. The summed E-state index contributed by atoms with van der Waals surface area (Å²) in [6.45, 7) is 0. The number of hydrogen-bond donors (Lipinski definition) is 0. The normalized spacial score (nSPS) is 10.5. The van der Waals surface area contributed by atoms with Crippen LogP contribution in [-0.4, -0.2) is 9.91 Å². The molecule has 0 spiro atoms. The lowest BCUT2D eigenvalue weighted by Crippen LogP contribution is -1.96. The highest BCUT2D eigenvalue weighted by Crippen LogP contribution is 2.32. The molecule has 0 aliphatic carbocycles. The summed E-state index contributed by atoms with van der Waals surface area (Å²) >= 11 is 0. The van der Waals surface area contributed by atoms with E-state index in [1.54, 1.807) is 18.2 Å². The predicted octanol–water partition coefficient (Wildman–Crippen LogP) is 4.60. The van der Waals surface area contributed by atoms with E-state index in [0.717, 1.165) is 0 Å². The van der Waals surface area contributed by atoms with Gasteiger partial charge < -0.3 is 10.1 Å². The smallest absolute Gasteiger partial charge is 0.358 e. The number of rotatable bonds is 3. The van der Waals surface area contributed by atoms with Gasteiger partial charge in [-0.1, -0.05) is 24.3 Å². The Labute approximate surface area is 130 Å². The molecule has 2 aromatic carbocycles. The summed E-state index contributed by atoms with van der Waals surface area (Å²) in [4.78, 5) is 14.5. The highest BCUT2D eigenvalue weighted by atomic mass is 19.1. The number of halogens is 2. The molecule has 1 aromatic heterocycles. The fourth-order valence-corrected chi connectivity index (χ4v) is 2.25. The van der Waals surface area contributed by atoms with Crippen LogP contribution in [0.25, 0.3) is 22.3 Å². The molecule has 0 N–H and O–H groups in total. The second-order valence-electron chi connectivity index (χ2n) is 4.87. The minimum Gasteiger partial charge on any atom is -0.358 e. The van der Waals surface area contributed by atoms with Gasteiger partial charge in [0.1, 0.15) is 17.8 Å². The predicted molar refractivity (Wildman–Crippen MR) is 81.7 cm³/mol. The summed E-state index contributed by atoms with van der Waals surface area (Å²) in [6.07, 6.45) is 1.36. The van der Waals surface area contributed by atoms with Crippen molar-refractivity contribution < 1.29 is 13.7 Å². The first kappa shape index (κ1) is 14.8. The molecular formula is C17H10F2N2O2. The van der Waals surface area contributed by atoms with Crippen molar-refractivity contribution in [1.29, 1.82) is 0 Å². The summed E-state index contributed by atoms with van der Waals surface area (Å²) in [5, 5.41) is 11.2. The van der Waals surface area contributed by atoms with Crippen LogP contribution in [0.1, 0.15) is 0 Å². The number of pyridine rings is 1. The third-order valence-electron chi connectivity index (χ3n) is 3.37. The number of nitro groups is 1. The molecular weight excluding hydrogens is 302 g/mol. The highest BCUT2D eigenvalue weighted by molar-refractivity contribution is 5.77. The summed E-state index contributed by atoms with van der Waals surface area (Å²) in [6, 6.07) is 12.7. The van der Waals surface area contributed by atoms with Crippen molar-refractivity contribution in [2.75, 3.05) is 0 Å². The number of hydrogen-bond acceptors (Lipinski definition) is 3. The van der Waals surface area contributed by atoms with Gasteiger partial charge in [-0.3, -0.25) is 0 Å². The molecule has 3 aromatic rings. The maximum absolute atomic E-state index is 13.1. The summed E-state index contributed by atoms with van der Waals surface area (Å²) in [7, 11) is 0. The van der Waals surface area contributed by atoms with Crippen molar-refractivity contribution in [1.82, 2.24) is 4.98 Å². The van der Waals surface area contributed by atoms with Gasteiger partial charge in [-0.2, -0.15) is 0 Å². The number of nitrogens with zero attached hydrogens (tertiary/aromatic N) is 2. The van der Waals surface area contributed by atoms with Crippen LogP contribution < -0.4 is 0 Å². The SMILES string of the molecule is O=[N+]([O-])c1ncc(-c2ccc(F)cc2)cc1-c1ccc(F)cc1. The highest BCUT2D eigenvalue weighted by Gasteiger charge is 2.18. The maximum Gasteiger partial charge on any atom is 0.371 e. The van der Waals surface area contributed by atoms with Crippen molar-refractivity contribution in [2.45, 2.75) is 0 Å². The van der Waals surface area contributed by atoms with Crippen molar-refractivity contribution in [3.8, 4) is 22.3 Å². The zero-order chi connectivity index (χ0) is 16.4. The first-order valence-electron chi connectivity index (χ1n) is 6.71. The molecule has 23 heavy (non-hydrogen) atoms. The summed E-state index contributed by atoms with van der Waals surface area (Å²) < 4.78 is 26.1. The van der Waals surface area contributed by atoms with E-state index in [0.29, 0.717) is 16.7 Å². The van der Waals surface area contributed by atoms with Gasteiger partial charge in [-0.15, -0.1) is 0 Å². The maximum atomic E-state index is 13.1. The third-order valence-corrected chi connectivity index (χ3v) is 3.37. The minimum atomic E-state index is -0.590. The van der Waals surface area contributed by atoms with Gasteiger partial charge in [-0.25, -0.2) is 8.78 Å². The van der Waals surface area contributed by atoms with E-state index in [1.807, 2.05) is 0 Å². The van der Waals surface area contributed by atoms with E-state index in [4.69, 9.17) is 0 Å². The Morgan fingerprint density at radius 2 is 1.35 bits per heavy atom. The van der Waals surface area contributed by atoms with Crippen LogP contribution in [0.2, 0.25) is 0 Å². The fourth-order valence-electron chi connectivity index (χ4n) is 2.25. The Hall–Kier alpha value is -3.15. The van der Waals surface area contributed by atoms with E-state index >= 15 is 0 Å². The lowest BCUT2D eigenvalue weighted by atomic mass is 10.0. The molecule has 0 aliphatic heterocycles. The van der Waals surface area contributed by atoms with Crippen LogP contribution in [0.4, 0.5) is 14.6 Å². The van der Waals surface area contributed by atoms with Gasteiger partial charge in [0, 0.05) is 5.56 Å². The Morgan fingerprint density at radius 1 is 0.826 bits per heavy atom. The van der Waals surface area contributed by atoms with Gasteiger partial charge in [-0.05, 0) is 51.4 Å². The zero-order valence-electron chi connectivity index (χ0n) is 11.7. The molecule has 0 radical (unpaired) electrons. The van der Waals surface area contributed by atoms with Crippen LogP contribution in [0.5, 0.6) is 0 Å². The molecule has 0 amide bonds. The molecule has 0 saturated heterocycles. The lowest BCUT2D eigenvalue weighted by molar-refractivity contribution is -0.388. The number of aromatic nitrogens is 1. The largest absolute Gasteiger partial charge is 0.371 e. The van der Waals surface area contributed by atoms with Crippen LogP contribution in [-0.2, 0) is 0 Å². The van der Waals surface area contributed by atoms with E-state index in [2.05, 4.69) is 4.98 Å². The first-order chi connectivity index (χ1) is 11.0. The summed E-state index contributed by atoms with van der Waals surface area (Å²) in [5.74, 6) is -1.12. The van der Waals surface area contributed by atoms with Crippen molar-refractivity contribution in [3.63, 3.8) is 0 Å². The second kappa shape index (κ2) is 5.92. The molecule has 1 heterocycles. The van der Waals surface area contributed by atoms with E-state index in [9.17, 15) is 18.9 Å². The Bertz CT molecular complexity index is 863. The molecule has 4 nitrogen and oxygen atoms in total. The molecule has 6 heteroatoms. The van der Waals surface area contributed by atoms with Crippen LogP contribution in [0, 0.1) is 21.7 Å². The van der Waals surface area contributed by atoms with Crippen molar-refractivity contribution in [3.05, 3.63) is 82.5 Å². The number of benzene rings is 2.